The number of H-pyrrole nitrogens is 1. The van der Waals surface area contributed by atoms with Crippen molar-refractivity contribution in [3.05, 3.63) is 35.5 Å². The molecule has 1 fully saturated rings. The number of hydrogen-bond acceptors (Lipinski definition) is 2. The third-order valence-electron chi connectivity index (χ3n) is 2.86. The molecule has 0 aliphatic heterocycles. The second kappa shape index (κ2) is 5.03. The lowest BCUT2D eigenvalue weighted by Gasteiger charge is -1.95. The summed E-state index contributed by atoms with van der Waals surface area (Å²) in [6.45, 7) is 0. The zero-order valence-corrected chi connectivity index (χ0v) is 10.2. The highest BCUT2D eigenvalue weighted by atomic mass is 14.7. The van der Waals surface area contributed by atoms with Crippen LogP contribution in [0.5, 0.6) is 0 Å². The standard InChI is InChI=1S/C12H10N2.C2H7N/c13-6-8-1-4-12-10(5-8)11(7-14-12)9-2-3-9;1-3-2/h1,4-5,7,9,14H,2-3H2;3H,1-2H3. The van der Waals surface area contributed by atoms with E-state index in [0.717, 1.165) is 17.0 Å². The average molecular weight is 227 g/mol. The molecule has 1 aliphatic rings. The van der Waals surface area contributed by atoms with Gasteiger partial charge in [-0.05, 0) is 56.6 Å². The van der Waals surface area contributed by atoms with Gasteiger partial charge in [-0.2, -0.15) is 5.26 Å². The molecule has 0 amide bonds. The molecule has 17 heavy (non-hydrogen) atoms. The fraction of sp³-hybridized carbons (Fsp3) is 0.357. The van der Waals surface area contributed by atoms with E-state index in [1.54, 1.807) is 0 Å². The first-order chi connectivity index (χ1) is 8.30. The van der Waals surface area contributed by atoms with Gasteiger partial charge in [-0.15, -0.1) is 0 Å². The van der Waals surface area contributed by atoms with E-state index in [0.29, 0.717) is 0 Å². The summed E-state index contributed by atoms with van der Waals surface area (Å²) in [5.41, 5.74) is 3.28. The van der Waals surface area contributed by atoms with Gasteiger partial charge in [-0.25, -0.2) is 0 Å². The van der Waals surface area contributed by atoms with Crippen LogP contribution < -0.4 is 5.32 Å². The number of hydrogen-bond donors (Lipinski definition) is 2. The molecular formula is C14H17N3. The summed E-state index contributed by atoms with van der Waals surface area (Å²) in [4.78, 5) is 3.25. The number of aromatic amines is 1. The van der Waals surface area contributed by atoms with Crippen LogP contribution in [0, 0.1) is 11.3 Å². The maximum absolute atomic E-state index is 8.82. The molecule has 3 heteroatoms. The van der Waals surface area contributed by atoms with E-state index >= 15 is 0 Å². The molecule has 0 spiro atoms. The predicted octanol–water partition coefficient (Wildman–Crippen LogP) is 2.75. The van der Waals surface area contributed by atoms with Crippen LogP contribution in [0.3, 0.4) is 0 Å². The molecule has 0 unspecified atom stereocenters. The van der Waals surface area contributed by atoms with Gasteiger partial charge in [-0.3, -0.25) is 0 Å². The van der Waals surface area contributed by atoms with Crippen LogP contribution in [0.25, 0.3) is 10.9 Å². The van der Waals surface area contributed by atoms with Gasteiger partial charge in [0.05, 0.1) is 11.6 Å². The Morgan fingerprint density at radius 3 is 2.65 bits per heavy atom. The van der Waals surface area contributed by atoms with Gasteiger partial charge < -0.3 is 10.3 Å². The first kappa shape index (κ1) is 11.7. The molecule has 1 heterocycles. The first-order valence-corrected chi connectivity index (χ1v) is 5.89. The molecule has 2 N–H and O–H groups in total. The second-order valence-electron chi connectivity index (χ2n) is 4.39. The van der Waals surface area contributed by atoms with Crippen LogP contribution in [0.15, 0.2) is 24.4 Å². The van der Waals surface area contributed by atoms with E-state index in [1.165, 1.54) is 23.8 Å². The lowest BCUT2D eigenvalue weighted by atomic mass is 10.1. The maximum Gasteiger partial charge on any atom is 0.0991 e. The predicted molar refractivity (Wildman–Crippen MR) is 70.0 cm³/mol. The highest BCUT2D eigenvalue weighted by Crippen LogP contribution is 2.43. The van der Waals surface area contributed by atoms with Crippen LogP contribution in [-0.2, 0) is 0 Å². The summed E-state index contributed by atoms with van der Waals surface area (Å²) in [6.07, 6.45) is 4.68. The summed E-state index contributed by atoms with van der Waals surface area (Å²) in [5.74, 6) is 0.734. The Hall–Kier alpha value is -1.79. The molecular weight excluding hydrogens is 210 g/mol. The van der Waals surface area contributed by atoms with Crippen molar-refractivity contribution in [2.24, 2.45) is 0 Å². The maximum atomic E-state index is 8.82. The lowest BCUT2D eigenvalue weighted by Crippen LogP contribution is -1.89. The van der Waals surface area contributed by atoms with Crippen molar-refractivity contribution in [1.82, 2.24) is 10.3 Å². The zero-order chi connectivity index (χ0) is 12.3. The minimum absolute atomic E-state index is 0.734. The smallest absolute Gasteiger partial charge is 0.0991 e. The summed E-state index contributed by atoms with van der Waals surface area (Å²) < 4.78 is 0. The summed E-state index contributed by atoms with van der Waals surface area (Å²) in [6, 6.07) is 8.01. The number of benzene rings is 1. The van der Waals surface area contributed by atoms with Crippen molar-refractivity contribution in [3.63, 3.8) is 0 Å². The number of nitrogens with one attached hydrogen (secondary N) is 2. The number of nitriles is 1. The van der Waals surface area contributed by atoms with Crippen LogP contribution in [0.4, 0.5) is 0 Å². The fourth-order valence-electron chi connectivity index (χ4n) is 1.94. The molecule has 3 rings (SSSR count). The second-order valence-corrected chi connectivity index (χ2v) is 4.39. The van der Waals surface area contributed by atoms with E-state index in [1.807, 2.05) is 32.3 Å². The first-order valence-electron chi connectivity index (χ1n) is 5.89. The van der Waals surface area contributed by atoms with Crippen LogP contribution >= 0.6 is 0 Å². The van der Waals surface area contributed by atoms with Crippen LogP contribution in [-0.4, -0.2) is 19.1 Å². The molecule has 1 aromatic carbocycles. The number of fused-ring (bicyclic) bond motifs is 1. The number of rotatable bonds is 1. The third kappa shape index (κ3) is 2.48. The largest absolute Gasteiger partial charge is 0.361 e. The minimum Gasteiger partial charge on any atom is -0.361 e. The highest BCUT2D eigenvalue weighted by Gasteiger charge is 2.26. The Balaban J connectivity index is 0.000000329. The van der Waals surface area contributed by atoms with E-state index in [9.17, 15) is 0 Å². The van der Waals surface area contributed by atoms with Crippen molar-refractivity contribution in [2.75, 3.05) is 14.1 Å². The molecule has 0 radical (unpaired) electrons. The summed E-state index contributed by atoms with van der Waals surface area (Å²) in [5, 5.41) is 12.8. The molecule has 3 nitrogen and oxygen atoms in total. The van der Waals surface area contributed by atoms with E-state index in [2.05, 4.69) is 22.6 Å². The van der Waals surface area contributed by atoms with Crippen molar-refractivity contribution in [2.45, 2.75) is 18.8 Å². The van der Waals surface area contributed by atoms with Gasteiger partial charge in [0, 0.05) is 17.1 Å². The SMILES string of the molecule is CNC.N#Cc1ccc2[nH]cc(C3CC3)c2c1. The van der Waals surface area contributed by atoms with Crippen molar-refractivity contribution in [1.29, 1.82) is 5.26 Å². The van der Waals surface area contributed by atoms with Crippen LogP contribution in [0.1, 0.15) is 29.9 Å². The topological polar surface area (TPSA) is 51.6 Å². The third-order valence-corrected chi connectivity index (χ3v) is 2.86. The Labute approximate surface area is 101 Å². The average Bonchev–Trinajstić information content (AvgIpc) is 3.10. The van der Waals surface area contributed by atoms with Gasteiger partial charge >= 0.3 is 0 Å². The summed E-state index contributed by atoms with van der Waals surface area (Å²) >= 11 is 0. The monoisotopic (exact) mass is 227 g/mol. The Morgan fingerprint density at radius 1 is 1.35 bits per heavy atom. The van der Waals surface area contributed by atoms with E-state index < -0.39 is 0 Å². The van der Waals surface area contributed by atoms with E-state index in [-0.39, 0.29) is 0 Å². The normalized spacial score (nSPS) is 13.9. The molecule has 1 saturated carbocycles. The van der Waals surface area contributed by atoms with E-state index in [4.69, 9.17) is 5.26 Å². The van der Waals surface area contributed by atoms with Gasteiger partial charge in [0.2, 0.25) is 0 Å². The molecule has 0 saturated heterocycles. The van der Waals surface area contributed by atoms with Crippen LogP contribution in [0.2, 0.25) is 0 Å². The molecule has 1 aromatic heterocycles. The lowest BCUT2D eigenvalue weighted by molar-refractivity contribution is 1.02. The van der Waals surface area contributed by atoms with Crippen molar-refractivity contribution >= 4 is 10.9 Å². The summed E-state index contributed by atoms with van der Waals surface area (Å²) in [7, 11) is 3.75. The van der Waals surface area contributed by atoms with Gasteiger partial charge in [0.1, 0.15) is 0 Å². The Bertz CT molecular complexity index is 544. The fourth-order valence-corrected chi connectivity index (χ4v) is 1.94. The molecule has 1 aliphatic carbocycles. The highest BCUT2D eigenvalue weighted by molar-refractivity contribution is 5.85. The molecule has 88 valence electrons. The minimum atomic E-state index is 0.734. The Morgan fingerprint density at radius 2 is 2.06 bits per heavy atom. The van der Waals surface area contributed by atoms with Gasteiger partial charge in [0.25, 0.3) is 0 Å². The Kier molecular flexibility index (Phi) is 3.46. The molecule has 0 atom stereocenters. The van der Waals surface area contributed by atoms with Gasteiger partial charge in [-0.1, -0.05) is 0 Å². The van der Waals surface area contributed by atoms with Gasteiger partial charge in [0.15, 0.2) is 0 Å². The number of aromatic nitrogens is 1. The van der Waals surface area contributed by atoms with Crippen molar-refractivity contribution in [3.8, 4) is 6.07 Å². The molecule has 0 bridgehead atoms. The number of nitrogens with zero attached hydrogens (tertiary/aromatic N) is 1. The molecule has 2 aromatic rings. The quantitative estimate of drug-likeness (QED) is 0.787. The zero-order valence-electron chi connectivity index (χ0n) is 10.2. The van der Waals surface area contributed by atoms with Crippen molar-refractivity contribution < 1.29 is 0 Å².